The predicted octanol–water partition coefficient (Wildman–Crippen LogP) is 6.05. The first-order valence-corrected chi connectivity index (χ1v) is 15.2. The van der Waals surface area contributed by atoms with Crippen molar-refractivity contribution >= 4 is 81.8 Å². The number of carbonyl (C=O) groups excluding carboxylic acids is 2. The first-order valence-electron chi connectivity index (χ1n) is 13.1. The molecule has 0 amide bonds. The van der Waals surface area contributed by atoms with Gasteiger partial charge in [0.25, 0.3) is 0 Å². The van der Waals surface area contributed by atoms with Crippen molar-refractivity contribution in [1.29, 1.82) is 0 Å². The Balaban J connectivity index is 0.00000533. The molecule has 2 aromatic carbocycles. The fourth-order valence-corrected chi connectivity index (χ4v) is 5.67. The smallest absolute Gasteiger partial charge is 0.196 e. The van der Waals surface area contributed by atoms with Crippen molar-refractivity contribution in [2.75, 3.05) is 86.5 Å². The van der Waals surface area contributed by atoms with Crippen LogP contribution in [0.3, 0.4) is 0 Å². The van der Waals surface area contributed by atoms with Crippen molar-refractivity contribution in [3.05, 3.63) is 58.7 Å². The standard InChI is InChI=1S/C28H36Cl4N4O2.ClH/c29-9-17-35(18-10-30)15-3-13-33-23-7-8-24(34-14-4-16-36(19-11-31)20-12-32)26-25(23)27(37)21-5-1-2-6-22(21)28(26)38;/h1-2,5-8,33-34H,3-4,9-20H2;1H. The van der Waals surface area contributed by atoms with Gasteiger partial charge in [0.15, 0.2) is 11.6 Å². The average molecular weight is 639 g/mol. The number of hydrogen-bond acceptors (Lipinski definition) is 6. The highest BCUT2D eigenvalue weighted by Crippen LogP contribution is 2.36. The second-order valence-corrected chi connectivity index (χ2v) is 10.6. The summed E-state index contributed by atoms with van der Waals surface area (Å²) in [5, 5.41) is 6.81. The number of benzene rings is 2. The monoisotopic (exact) mass is 636 g/mol. The van der Waals surface area contributed by atoms with Crippen molar-refractivity contribution in [2.24, 2.45) is 0 Å². The third kappa shape index (κ3) is 9.39. The molecule has 0 saturated carbocycles. The van der Waals surface area contributed by atoms with E-state index in [1.165, 1.54) is 0 Å². The molecule has 0 spiro atoms. The molecule has 0 bridgehead atoms. The van der Waals surface area contributed by atoms with Gasteiger partial charge in [-0.2, -0.15) is 0 Å². The molecule has 0 unspecified atom stereocenters. The molecule has 0 heterocycles. The molecule has 0 fully saturated rings. The molecule has 2 aromatic rings. The summed E-state index contributed by atoms with van der Waals surface area (Å²) < 4.78 is 0. The third-order valence-corrected chi connectivity index (χ3v) is 7.29. The summed E-state index contributed by atoms with van der Waals surface area (Å²) in [7, 11) is 0. The molecule has 1 aliphatic carbocycles. The van der Waals surface area contributed by atoms with Crippen LogP contribution in [-0.4, -0.2) is 97.2 Å². The van der Waals surface area contributed by atoms with Crippen LogP contribution in [0.15, 0.2) is 36.4 Å². The summed E-state index contributed by atoms with van der Waals surface area (Å²) in [5.41, 5.74) is 3.10. The lowest BCUT2D eigenvalue weighted by molar-refractivity contribution is 0.0980. The van der Waals surface area contributed by atoms with Crippen LogP contribution < -0.4 is 10.6 Å². The number of carbonyl (C=O) groups is 2. The van der Waals surface area contributed by atoms with Crippen LogP contribution in [0.25, 0.3) is 0 Å². The van der Waals surface area contributed by atoms with Crippen molar-refractivity contribution in [2.45, 2.75) is 12.8 Å². The van der Waals surface area contributed by atoms with Gasteiger partial charge in [0.1, 0.15) is 0 Å². The molecule has 11 heteroatoms. The summed E-state index contributed by atoms with van der Waals surface area (Å²) in [4.78, 5) is 31.7. The fraction of sp³-hybridized carbons (Fsp3) is 0.500. The Labute approximate surface area is 258 Å². The van der Waals surface area contributed by atoms with Gasteiger partial charge in [0.05, 0.1) is 11.1 Å². The molecule has 0 radical (unpaired) electrons. The Kier molecular flexibility index (Phi) is 15.9. The summed E-state index contributed by atoms with van der Waals surface area (Å²) in [5.74, 6) is 1.95. The minimum absolute atomic E-state index is 0. The first-order chi connectivity index (χ1) is 18.5. The van der Waals surface area contributed by atoms with Gasteiger partial charge in [-0.3, -0.25) is 9.59 Å². The minimum atomic E-state index is -0.136. The molecular weight excluding hydrogens is 602 g/mol. The first kappa shape index (κ1) is 34.0. The maximum absolute atomic E-state index is 13.6. The van der Waals surface area contributed by atoms with E-state index >= 15 is 0 Å². The van der Waals surface area contributed by atoms with Gasteiger partial charge >= 0.3 is 0 Å². The molecule has 0 saturated heterocycles. The van der Waals surface area contributed by atoms with E-state index in [9.17, 15) is 9.59 Å². The highest BCUT2D eigenvalue weighted by atomic mass is 35.5. The van der Waals surface area contributed by atoms with Crippen molar-refractivity contribution in [3.8, 4) is 0 Å². The molecular formula is C28H37Cl5N4O2. The molecule has 0 aliphatic heterocycles. The fourth-order valence-electron chi connectivity index (χ4n) is 4.72. The van der Waals surface area contributed by atoms with Gasteiger partial charge in [0.2, 0.25) is 0 Å². The van der Waals surface area contributed by atoms with E-state index < -0.39 is 0 Å². The molecule has 6 nitrogen and oxygen atoms in total. The molecule has 0 atom stereocenters. The second kappa shape index (κ2) is 18.2. The van der Waals surface area contributed by atoms with Crippen LogP contribution in [0, 0.1) is 0 Å². The minimum Gasteiger partial charge on any atom is -0.384 e. The van der Waals surface area contributed by atoms with E-state index in [2.05, 4.69) is 20.4 Å². The lowest BCUT2D eigenvalue weighted by Gasteiger charge is -2.25. The average Bonchev–Trinajstić information content (AvgIpc) is 2.92. The predicted molar refractivity (Wildman–Crippen MR) is 169 cm³/mol. The molecule has 39 heavy (non-hydrogen) atoms. The number of ketones is 2. The highest BCUT2D eigenvalue weighted by Gasteiger charge is 2.33. The SMILES string of the molecule is Cl.O=C1c2ccccc2C(=O)c2c(NCCCN(CCCl)CCCl)ccc(NCCCN(CCCl)CCCl)c21. The van der Waals surface area contributed by atoms with Crippen LogP contribution in [0.1, 0.15) is 44.7 Å². The number of nitrogens with one attached hydrogen (secondary N) is 2. The number of fused-ring (bicyclic) bond motifs is 2. The lowest BCUT2D eigenvalue weighted by atomic mass is 9.82. The maximum Gasteiger partial charge on any atom is 0.196 e. The molecule has 3 rings (SSSR count). The van der Waals surface area contributed by atoms with Crippen LogP contribution in [0.4, 0.5) is 11.4 Å². The van der Waals surface area contributed by atoms with Crippen molar-refractivity contribution in [3.63, 3.8) is 0 Å². The van der Waals surface area contributed by atoms with Gasteiger partial charge in [-0.15, -0.1) is 58.8 Å². The summed E-state index contributed by atoms with van der Waals surface area (Å²) >= 11 is 23.6. The number of nitrogens with zero attached hydrogens (tertiary/aromatic N) is 2. The summed E-state index contributed by atoms with van der Waals surface area (Å²) in [6, 6.07) is 10.8. The van der Waals surface area contributed by atoms with Crippen molar-refractivity contribution < 1.29 is 9.59 Å². The number of anilines is 2. The Morgan fingerprint density at radius 2 is 0.923 bits per heavy atom. The normalized spacial score (nSPS) is 12.4. The van der Waals surface area contributed by atoms with Crippen LogP contribution >= 0.6 is 58.8 Å². The van der Waals surface area contributed by atoms with E-state index in [0.29, 0.717) is 70.2 Å². The van der Waals surface area contributed by atoms with Gasteiger partial charge in [0, 0.05) is 85.3 Å². The lowest BCUT2D eigenvalue weighted by Crippen LogP contribution is -2.30. The Bertz CT molecular complexity index is 978. The van der Waals surface area contributed by atoms with Crippen LogP contribution in [0.2, 0.25) is 0 Å². The number of halogens is 5. The van der Waals surface area contributed by atoms with E-state index in [1.807, 2.05) is 12.1 Å². The largest absolute Gasteiger partial charge is 0.384 e. The number of rotatable bonds is 18. The van der Waals surface area contributed by atoms with E-state index in [1.54, 1.807) is 24.3 Å². The third-order valence-electron chi connectivity index (χ3n) is 6.61. The van der Waals surface area contributed by atoms with Gasteiger partial charge in [-0.1, -0.05) is 24.3 Å². The molecule has 2 N–H and O–H groups in total. The zero-order chi connectivity index (χ0) is 27.3. The van der Waals surface area contributed by atoms with Crippen molar-refractivity contribution in [1.82, 2.24) is 9.80 Å². The van der Waals surface area contributed by atoms with Gasteiger partial charge < -0.3 is 20.4 Å². The quantitative estimate of drug-likeness (QED) is 0.131. The Morgan fingerprint density at radius 3 is 1.26 bits per heavy atom. The van der Waals surface area contributed by atoms with Crippen LogP contribution in [0.5, 0.6) is 0 Å². The topological polar surface area (TPSA) is 64.7 Å². The summed E-state index contributed by atoms with van der Waals surface area (Å²) in [6.07, 6.45) is 1.70. The Morgan fingerprint density at radius 1 is 0.564 bits per heavy atom. The van der Waals surface area contributed by atoms with Crippen LogP contribution in [-0.2, 0) is 0 Å². The maximum atomic E-state index is 13.6. The number of hydrogen-bond donors (Lipinski definition) is 2. The van der Waals surface area contributed by atoms with Gasteiger partial charge in [-0.05, 0) is 38.1 Å². The van der Waals surface area contributed by atoms with E-state index in [4.69, 9.17) is 46.4 Å². The Hall–Kier alpha value is -1.25. The second-order valence-electron chi connectivity index (χ2n) is 9.11. The zero-order valence-corrected chi connectivity index (χ0v) is 25.8. The molecule has 1 aliphatic rings. The van der Waals surface area contributed by atoms with E-state index in [0.717, 1.165) is 52.1 Å². The summed E-state index contributed by atoms with van der Waals surface area (Å²) in [6.45, 7) is 6.11. The van der Waals surface area contributed by atoms with Gasteiger partial charge in [-0.25, -0.2) is 0 Å². The molecule has 0 aromatic heterocycles. The highest BCUT2D eigenvalue weighted by molar-refractivity contribution is 6.32. The molecule has 216 valence electrons. The number of alkyl halides is 4. The zero-order valence-electron chi connectivity index (χ0n) is 22.0. The van der Waals surface area contributed by atoms with E-state index in [-0.39, 0.29) is 24.0 Å².